The maximum absolute atomic E-state index is 13.7. The Labute approximate surface area is 428 Å². The third kappa shape index (κ3) is 13.4. The van der Waals surface area contributed by atoms with Gasteiger partial charge in [0.15, 0.2) is 0 Å². The largest absolute Gasteiger partial charge is 0.444 e. The van der Waals surface area contributed by atoms with Crippen molar-refractivity contribution in [2.24, 2.45) is 17.8 Å². The molecule has 2 aromatic carbocycles. The van der Waals surface area contributed by atoms with Gasteiger partial charge in [-0.05, 0) is 113 Å². The van der Waals surface area contributed by atoms with Crippen molar-refractivity contribution in [1.29, 1.82) is 0 Å². The Morgan fingerprint density at radius 2 is 0.904 bits per heavy atom. The molecule has 5 fully saturated rings. The van der Waals surface area contributed by atoms with Gasteiger partial charge in [0.05, 0.1) is 22.1 Å². The zero-order chi connectivity index (χ0) is 52.8. The van der Waals surface area contributed by atoms with E-state index in [1.807, 2.05) is 67.0 Å². The minimum atomic E-state index is -2.55. The lowest BCUT2D eigenvalue weighted by molar-refractivity contribution is -0.133. The van der Waals surface area contributed by atoms with Gasteiger partial charge in [-0.25, -0.2) is 32.3 Å². The van der Waals surface area contributed by atoms with Crippen LogP contribution in [0.5, 0.6) is 0 Å². The van der Waals surface area contributed by atoms with E-state index in [0.717, 1.165) is 46.6 Å². The fraction of sp³-hybridized carbons (Fsp3) is 0.679. The van der Waals surface area contributed by atoms with Crippen LogP contribution < -0.4 is 0 Å². The number of hydrogen-bond donors (Lipinski definition) is 0. The van der Waals surface area contributed by atoms with Crippen LogP contribution in [0, 0.1) is 17.8 Å². The van der Waals surface area contributed by atoms with Crippen LogP contribution in [0.25, 0.3) is 22.1 Å². The Bertz CT molecular complexity index is 2640. The second-order valence-corrected chi connectivity index (χ2v) is 24.7. The fourth-order valence-corrected chi connectivity index (χ4v) is 10.8. The summed E-state index contributed by atoms with van der Waals surface area (Å²) in [4.78, 5) is 68.3. The molecule has 9 rings (SSSR count). The number of hydrogen-bond acceptors (Lipinski definition) is 7. The molecule has 73 heavy (non-hydrogen) atoms. The van der Waals surface area contributed by atoms with Gasteiger partial charge in [0.25, 0.3) is 11.8 Å². The molecule has 2 aromatic heterocycles. The number of benzene rings is 2. The first-order valence-electron chi connectivity index (χ1n) is 26.7. The van der Waals surface area contributed by atoms with Gasteiger partial charge in [-0.2, -0.15) is 0 Å². The highest BCUT2D eigenvalue weighted by atomic mass is 19.3. The number of carbonyl (C=O) groups is 4. The van der Waals surface area contributed by atoms with Gasteiger partial charge in [0.2, 0.25) is 17.8 Å². The molecular formula is C56H78F4N8O5. The molecule has 4 aromatic rings. The summed E-state index contributed by atoms with van der Waals surface area (Å²) in [6, 6.07) is 11.3. The number of fused-ring (bicyclic) bond motifs is 2. The van der Waals surface area contributed by atoms with Crippen LogP contribution >= 0.6 is 0 Å². The topological polar surface area (TPSA) is 126 Å². The molecule has 4 amide bonds. The normalized spacial score (nSPS) is 20.3. The molecule has 13 nitrogen and oxygen atoms in total. The Hall–Kier alpha value is -5.22. The molecule has 3 aliphatic carbocycles. The maximum atomic E-state index is 13.7. The molecule has 0 unspecified atom stereocenters. The van der Waals surface area contributed by atoms with Crippen LogP contribution in [0.4, 0.5) is 22.4 Å². The summed E-state index contributed by atoms with van der Waals surface area (Å²) in [5.41, 5.74) is 3.53. The van der Waals surface area contributed by atoms with E-state index in [1.165, 1.54) is 0 Å². The lowest BCUT2D eigenvalue weighted by atomic mass is 9.86. The van der Waals surface area contributed by atoms with Gasteiger partial charge >= 0.3 is 6.09 Å². The third-order valence-corrected chi connectivity index (χ3v) is 15.2. The number of nitrogens with zero attached hydrogens (tertiary/aromatic N) is 8. The van der Waals surface area contributed by atoms with E-state index >= 15 is 0 Å². The Morgan fingerprint density at radius 1 is 0.534 bits per heavy atom. The summed E-state index contributed by atoms with van der Waals surface area (Å²) in [5, 5.41) is 0. The monoisotopic (exact) mass is 1020 g/mol. The van der Waals surface area contributed by atoms with E-state index in [1.54, 1.807) is 9.80 Å². The van der Waals surface area contributed by atoms with E-state index in [-0.39, 0.29) is 72.2 Å². The van der Waals surface area contributed by atoms with Crippen molar-refractivity contribution < 1.29 is 41.5 Å². The number of aromatic nitrogens is 4. The van der Waals surface area contributed by atoms with E-state index in [0.29, 0.717) is 115 Å². The second kappa shape index (κ2) is 20.8. The van der Waals surface area contributed by atoms with Crippen LogP contribution in [0.15, 0.2) is 36.4 Å². The van der Waals surface area contributed by atoms with E-state index in [2.05, 4.69) is 50.7 Å². The summed E-state index contributed by atoms with van der Waals surface area (Å²) in [6.07, 6.45) is 4.43. The zero-order valence-electron chi connectivity index (χ0n) is 44.7. The smallest absolute Gasteiger partial charge is 0.410 e. The molecule has 400 valence electrons. The molecule has 0 radical (unpaired) electrons. The minimum absolute atomic E-state index is 0.0347. The van der Waals surface area contributed by atoms with Gasteiger partial charge in [-0.1, -0.05) is 41.5 Å². The SMILES string of the molecule is CC(C)(C)OC(=O)N1CCN(C(=O)c2ccc3c(c2)nc(C(C)(C)C)n3CC2CCC(F)(F)CC2)CC1.CC(C)(C)c1nc2cc(C(=O)N3CCN(C(=O)CC4CC4)CC3)ccc2n1CC1CCC(F)(F)CC1. The molecule has 0 atom stereocenters. The summed E-state index contributed by atoms with van der Waals surface area (Å²) in [7, 11) is 0. The van der Waals surface area contributed by atoms with Crippen LogP contribution in [0.3, 0.4) is 0 Å². The molecule has 0 spiro atoms. The molecule has 2 aliphatic heterocycles. The average Bonchev–Trinajstić information content (AvgIpc) is 3.95. The molecule has 5 aliphatic rings. The van der Waals surface area contributed by atoms with Crippen LogP contribution in [-0.4, -0.2) is 132 Å². The minimum Gasteiger partial charge on any atom is -0.444 e. The molecule has 0 N–H and O–H groups in total. The first kappa shape index (κ1) is 54.1. The standard InChI is InChI=1S/C28H40F2N4O3.C28H38F2N4O2/c1-26(2,3)24-31-21-17-20(7-8-22(21)34(24)18-19-9-11-28(29,30)12-10-19)23(35)32-13-15-33(16-14-32)25(36)37-27(4,5)6;1-27(2,3)26-31-22-17-21(6-7-23(22)34(26)18-20-8-10-28(29,30)11-9-20)25(36)33-14-12-32(13-15-33)24(35)16-19-4-5-19/h7-8,17,19H,9-16,18H2,1-6H3;6-7,17,19-20H,4-5,8-16,18H2,1-3H3. The highest BCUT2D eigenvalue weighted by Crippen LogP contribution is 2.40. The predicted octanol–water partition coefficient (Wildman–Crippen LogP) is 11.1. The van der Waals surface area contributed by atoms with Crippen molar-refractivity contribution in [2.45, 2.75) is 174 Å². The highest BCUT2D eigenvalue weighted by Gasteiger charge is 2.38. The number of imidazole rings is 2. The van der Waals surface area contributed by atoms with Gasteiger partial charge in [0.1, 0.15) is 17.2 Å². The van der Waals surface area contributed by atoms with Crippen molar-refractivity contribution in [3.05, 3.63) is 59.2 Å². The quantitative estimate of drug-likeness (QED) is 0.161. The molecule has 3 saturated carbocycles. The Balaban J connectivity index is 0.000000195. The number of carbonyl (C=O) groups excluding carboxylic acids is 4. The number of rotatable bonds is 8. The van der Waals surface area contributed by atoms with E-state index < -0.39 is 17.4 Å². The zero-order valence-corrected chi connectivity index (χ0v) is 44.7. The lowest BCUT2D eigenvalue weighted by Gasteiger charge is -2.35. The maximum Gasteiger partial charge on any atom is 0.410 e. The highest BCUT2D eigenvalue weighted by molar-refractivity contribution is 5.98. The number of halogens is 4. The number of ether oxygens (including phenoxy) is 1. The van der Waals surface area contributed by atoms with Crippen LogP contribution in [0.2, 0.25) is 0 Å². The van der Waals surface area contributed by atoms with Crippen molar-refractivity contribution in [1.82, 2.24) is 38.7 Å². The van der Waals surface area contributed by atoms with Gasteiger partial charge in [-0.3, -0.25) is 14.4 Å². The van der Waals surface area contributed by atoms with Crippen LogP contribution in [-0.2, 0) is 33.5 Å². The Kier molecular flexibility index (Phi) is 15.4. The third-order valence-electron chi connectivity index (χ3n) is 15.2. The van der Waals surface area contributed by atoms with E-state index in [9.17, 15) is 36.7 Å². The summed E-state index contributed by atoms with van der Waals surface area (Å²) < 4.78 is 64.6. The molecular weight excluding hydrogens is 941 g/mol. The molecule has 2 saturated heterocycles. The lowest BCUT2D eigenvalue weighted by Crippen LogP contribution is -2.51. The first-order valence-corrected chi connectivity index (χ1v) is 26.7. The van der Waals surface area contributed by atoms with Crippen LogP contribution in [0.1, 0.15) is 165 Å². The summed E-state index contributed by atoms with van der Waals surface area (Å²) in [5.74, 6) is -2.23. The van der Waals surface area contributed by atoms with Crippen molar-refractivity contribution >= 4 is 45.9 Å². The second-order valence-electron chi connectivity index (χ2n) is 24.7. The number of amides is 4. The summed E-state index contributed by atoms with van der Waals surface area (Å²) in [6.45, 7) is 23.4. The average molecular weight is 1020 g/mol. The molecule has 4 heterocycles. The van der Waals surface area contributed by atoms with Crippen molar-refractivity contribution in [2.75, 3.05) is 52.4 Å². The fourth-order valence-electron chi connectivity index (χ4n) is 10.8. The number of alkyl halides is 4. The number of piperazine rings is 2. The molecule has 17 heteroatoms. The van der Waals surface area contributed by atoms with Gasteiger partial charge < -0.3 is 33.5 Å². The Morgan fingerprint density at radius 3 is 1.26 bits per heavy atom. The predicted molar refractivity (Wildman–Crippen MR) is 274 cm³/mol. The van der Waals surface area contributed by atoms with Crippen molar-refractivity contribution in [3.63, 3.8) is 0 Å². The van der Waals surface area contributed by atoms with E-state index in [4.69, 9.17) is 14.7 Å². The first-order chi connectivity index (χ1) is 34.1. The van der Waals surface area contributed by atoms with Gasteiger partial charge in [-0.15, -0.1) is 0 Å². The van der Waals surface area contributed by atoms with Gasteiger partial charge in [0, 0.05) is 120 Å². The molecule has 0 bridgehead atoms. The van der Waals surface area contributed by atoms with Crippen molar-refractivity contribution in [3.8, 4) is 0 Å². The summed E-state index contributed by atoms with van der Waals surface area (Å²) >= 11 is 0.